The summed E-state index contributed by atoms with van der Waals surface area (Å²) >= 11 is 0. The minimum Gasteiger partial charge on any atom is -0.493 e. The number of fused-ring (bicyclic) bond motifs is 1. The Balaban J connectivity index is 2.03. The summed E-state index contributed by atoms with van der Waals surface area (Å²) in [4.78, 5) is 23.0. The molecule has 5 nitrogen and oxygen atoms in total. The van der Waals surface area contributed by atoms with Gasteiger partial charge >= 0.3 is 0 Å². The quantitative estimate of drug-likeness (QED) is 0.807. The first kappa shape index (κ1) is 15.1. The van der Waals surface area contributed by atoms with E-state index in [0.29, 0.717) is 6.61 Å². The molecule has 1 heterocycles. The van der Waals surface area contributed by atoms with Gasteiger partial charge in [0.2, 0.25) is 11.8 Å². The number of carbonyl (C=O) groups excluding carboxylic acids is 2. The monoisotopic (exact) mass is 288 g/mol. The van der Waals surface area contributed by atoms with E-state index in [0.717, 1.165) is 30.2 Å². The summed E-state index contributed by atoms with van der Waals surface area (Å²) in [5, 5.41) is 5.41. The number of benzene rings is 1. The lowest BCUT2D eigenvalue weighted by Crippen LogP contribution is -2.39. The zero-order valence-electron chi connectivity index (χ0n) is 12.1. The minimum absolute atomic E-state index is 0.0506. The third-order valence-electron chi connectivity index (χ3n) is 3.47. The molecule has 0 aromatic heterocycles. The van der Waals surface area contributed by atoms with Crippen LogP contribution in [0.15, 0.2) is 30.9 Å². The SMILES string of the molecule is C=CC(=O)NCC(=O)N[C@H]1CCOc2ccc(CC)cc21. The smallest absolute Gasteiger partial charge is 0.243 e. The van der Waals surface area contributed by atoms with E-state index in [2.05, 4.69) is 30.2 Å². The van der Waals surface area contributed by atoms with Crippen LogP contribution in [-0.4, -0.2) is 25.0 Å². The lowest BCUT2D eigenvalue weighted by Gasteiger charge is -2.27. The van der Waals surface area contributed by atoms with Crippen LogP contribution in [0.4, 0.5) is 0 Å². The largest absolute Gasteiger partial charge is 0.493 e. The molecule has 1 atom stereocenters. The van der Waals surface area contributed by atoms with Gasteiger partial charge in [-0.05, 0) is 24.1 Å². The third-order valence-corrected chi connectivity index (χ3v) is 3.47. The van der Waals surface area contributed by atoms with Crippen LogP contribution in [0, 0.1) is 0 Å². The van der Waals surface area contributed by atoms with Gasteiger partial charge in [-0.25, -0.2) is 0 Å². The van der Waals surface area contributed by atoms with Crippen LogP contribution in [0.25, 0.3) is 0 Å². The highest BCUT2D eigenvalue weighted by atomic mass is 16.5. The van der Waals surface area contributed by atoms with Gasteiger partial charge in [-0.2, -0.15) is 0 Å². The third kappa shape index (κ3) is 3.84. The number of hydrogen-bond donors (Lipinski definition) is 2. The minimum atomic E-state index is -0.356. The fraction of sp³-hybridized carbons (Fsp3) is 0.375. The van der Waals surface area contributed by atoms with Crippen molar-refractivity contribution < 1.29 is 14.3 Å². The molecule has 2 rings (SSSR count). The van der Waals surface area contributed by atoms with Gasteiger partial charge in [0.05, 0.1) is 19.2 Å². The second-order valence-electron chi connectivity index (χ2n) is 4.90. The second kappa shape index (κ2) is 6.92. The molecular formula is C16H20N2O3. The average Bonchev–Trinajstić information content (AvgIpc) is 2.52. The predicted octanol–water partition coefficient (Wildman–Crippen LogP) is 1.49. The summed E-state index contributed by atoms with van der Waals surface area (Å²) in [6.45, 7) is 5.95. The number of ether oxygens (including phenoxy) is 1. The van der Waals surface area contributed by atoms with Crippen molar-refractivity contribution in [3.8, 4) is 5.75 Å². The summed E-state index contributed by atoms with van der Waals surface area (Å²) in [5.74, 6) is 0.245. The molecule has 0 bridgehead atoms. The fourth-order valence-electron chi connectivity index (χ4n) is 2.30. The van der Waals surface area contributed by atoms with Crippen molar-refractivity contribution in [1.29, 1.82) is 0 Å². The number of rotatable bonds is 5. The van der Waals surface area contributed by atoms with Crippen molar-refractivity contribution in [2.45, 2.75) is 25.8 Å². The van der Waals surface area contributed by atoms with Crippen molar-refractivity contribution in [3.05, 3.63) is 42.0 Å². The standard InChI is InChI=1S/C16H20N2O3/c1-3-11-5-6-14-12(9-11)13(7-8-21-14)18-16(20)10-17-15(19)4-2/h4-6,9,13H,2-3,7-8,10H2,1H3,(H,17,19)(H,18,20)/t13-/m0/s1. The topological polar surface area (TPSA) is 67.4 Å². The van der Waals surface area contributed by atoms with Gasteiger partial charge in [0, 0.05) is 12.0 Å². The predicted molar refractivity (Wildman–Crippen MR) is 80.0 cm³/mol. The van der Waals surface area contributed by atoms with Crippen molar-refractivity contribution in [1.82, 2.24) is 10.6 Å². The number of amides is 2. The molecule has 0 aliphatic carbocycles. The Morgan fingerprint density at radius 1 is 1.48 bits per heavy atom. The molecule has 0 saturated carbocycles. The van der Waals surface area contributed by atoms with E-state index >= 15 is 0 Å². The van der Waals surface area contributed by atoms with E-state index in [1.54, 1.807) is 0 Å². The molecule has 5 heteroatoms. The van der Waals surface area contributed by atoms with Crippen LogP contribution in [0.2, 0.25) is 0 Å². The summed E-state index contributed by atoms with van der Waals surface area (Å²) in [5.41, 5.74) is 2.21. The first-order valence-corrected chi connectivity index (χ1v) is 7.09. The summed E-state index contributed by atoms with van der Waals surface area (Å²) in [7, 11) is 0. The van der Waals surface area contributed by atoms with E-state index in [-0.39, 0.29) is 24.4 Å². The molecule has 0 unspecified atom stereocenters. The van der Waals surface area contributed by atoms with Crippen LogP contribution in [0.5, 0.6) is 5.75 Å². The Hall–Kier alpha value is -2.30. The van der Waals surface area contributed by atoms with Gasteiger partial charge < -0.3 is 15.4 Å². The molecule has 1 aromatic rings. The van der Waals surface area contributed by atoms with E-state index in [9.17, 15) is 9.59 Å². The number of carbonyl (C=O) groups is 2. The Labute approximate surface area is 124 Å². The molecule has 1 aliphatic rings. The van der Waals surface area contributed by atoms with Gasteiger partial charge in [0.25, 0.3) is 0 Å². The molecule has 21 heavy (non-hydrogen) atoms. The van der Waals surface area contributed by atoms with Crippen molar-refractivity contribution in [2.75, 3.05) is 13.2 Å². The molecule has 1 aliphatic heterocycles. The van der Waals surface area contributed by atoms with Crippen molar-refractivity contribution in [2.24, 2.45) is 0 Å². The highest BCUT2D eigenvalue weighted by molar-refractivity contribution is 5.90. The normalized spacial score (nSPS) is 16.3. The number of nitrogens with one attached hydrogen (secondary N) is 2. The molecule has 112 valence electrons. The maximum atomic E-state index is 11.9. The molecule has 2 N–H and O–H groups in total. The Kier molecular flexibility index (Phi) is 4.98. The molecule has 2 amide bonds. The highest BCUT2D eigenvalue weighted by Gasteiger charge is 2.23. The van der Waals surface area contributed by atoms with Crippen LogP contribution < -0.4 is 15.4 Å². The van der Waals surface area contributed by atoms with Crippen LogP contribution >= 0.6 is 0 Å². The fourth-order valence-corrected chi connectivity index (χ4v) is 2.30. The molecule has 0 radical (unpaired) electrons. The highest BCUT2D eigenvalue weighted by Crippen LogP contribution is 2.32. The molecule has 0 spiro atoms. The summed E-state index contributed by atoms with van der Waals surface area (Å²) < 4.78 is 5.62. The lowest BCUT2D eigenvalue weighted by atomic mass is 9.97. The van der Waals surface area contributed by atoms with E-state index in [4.69, 9.17) is 4.74 Å². The zero-order chi connectivity index (χ0) is 15.2. The van der Waals surface area contributed by atoms with Gasteiger partial charge in [0.1, 0.15) is 5.75 Å². The number of hydrogen-bond acceptors (Lipinski definition) is 3. The van der Waals surface area contributed by atoms with Gasteiger partial charge in [-0.15, -0.1) is 0 Å². The number of aryl methyl sites for hydroxylation is 1. The van der Waals surface area contributed by atoms with Gasteiger partial charge in [-0.3, -0.25) is 9.59 Å². The molecule has 0 fully saturated rings. The van der Waals surface area contributed by atoms with Crippen LogP contribution in [0.3, 0.4) is 0 Å². The Bertz CT molecular complexity index is 554. The van der Waals surface area contributed by atoms with Gasteiger partial charge in [0.15, 0.2) is 0 Å². The van der Waals surface area contributed by atoms with E-state index in [1.807, 2.05) is 12.1 Å². The molecule has 0 saturated heterocycles. The molecule has 1 aromatic carbocycles. The first-order chi connectivity index (χ1) is 10.1. The molecular weight excluding hydrogens is 268 g/mol. The maximum Gasteiger partial charge on any atom is 0.243 e. The van der Waals surface area contributed by atoms with Crippen LogP contribution in [-0.2, 0) is 16.0 Å². The summed E-state index contributed by atoms with van der Waals surface area (Å²) in [6.07, 6.45) is 2.80. The van der Waals surface area contributed by atoms with E-state index < -0.39 is 0 Å². The second-order valence-corrected chi connectivity index (χ2v) is 4.90. The summed E-state index contributed by atoms with van der Waals surface area (Å²) in [6, 6.07) is 5.98. The van der Waals surface area contributed by atoms with Crippen molar-refractivity contribution >= 4 is 11.8 Å². The first-order valence-electron chi connectivity index (χ1n) is 7.09. The Morgan fingerprint density at radius 2 is 2.29 bits per heavy atom. The van der Waals surface area contributed by atoms with Crippen LogP contribution in [0.1, 0.15) is 30.5 Å². The lowest BCUT2D eigenvalue weighted by molar-refractivity contribution is -0.124. The Morgan fingerprint density at radius 3 is 3.00 bits per heavy atom. The van der Waals surface area contributed by atoms with Crippen molar-refractivity contribution in [3.63, 3.8) is 0 Å². The van der Waals surface area contributed by atoms with Gasteiger partial charge in [-0.1, -0.05) is 25.6 Å². The van der Waals surface area contributed by atoms with E-state index in [1.165, 1.54) is 5.56 Å². The average molecular weight is 288 g/mol. The maximum absolute atomic E-state index is 11.9. The zero-order valence-corrected chi connectivity index (χ0v) is 12.1.